The number of phenolic OH excluding ortho intramolecular Hbond substituents is 1. The van der Waals surface area contributed by atoms with Gasteiger partial charge in [-0.3, -0.25) is 9.79 Å². The Labute approximate surface area is 135 Å². The number of nitrogens with zero attached hydrogens (tertiary/aromatic N) is 1. The fourth-order valence-electron chi connectivity index (χ4n) is 2.86. The van der Waals surface area contributed by atoms with E-state index >= 15 is 0 Å². The van der Waals surface area contributed by atoms with E-state index in [-0.39, 0.29) is 24.0 Å². The normalized spacial score (nSPS) is 18.1. The lowest BCUT2D eigenvalue weighted by Crippen LogP contribution is -2.23. The molecule has 4 heteroatoms. The molecule has 0 bridgehead atoms. The Morgan fingerprint density at radius 1 is 1.13 bits per heavy atom. The molecule has 0 fully saturated rings. The van der Waals surface area contributed by atoms with Gasteiger partial charge in [-0.1, -0.05) is 42.5 Å². The van der Waals surface area contributed by atoms with Gasteiger partial charge in [-0.25, -0.2) is 0 Å². The lowest BCUT2D eigenvalue weighted by molar-refractivity contribution is 0.0997. The Morgan fingerprint density at radius 2 is 1.87 bits per heavy atom. The highest BCUT2D eigenvalue weighted by molar-refractivity contribution is 6.11. The number of phenols is 1. The van der Waals surface area contributed by atoms with Gasteiger partial charge < -0.3 is 10.4 Å². The van der Waals surface area contributed by atoms with E-state index in [2.05, 4.69) is 22.4 Å². The Hall–Kier alpha value is -2.46. The van der Waals surface area contributed by atoms with Crippen molar-refractivity contribution < 1.29 is 9.90 Å². The van der Waals surface area contributed by atoms with Crippen LogP contribution in [0.4, 0.5) is 0 Å². The number of hydrogen-bond acceptors (Lipinski definition) is 4. The van der Waals surface area contributed by atoms with E-state index in [1.54, 1.807) is 18.2 Å². The van der Waals surface area contributed by atoms with E-state index in [9.17, 15) is 9.90 Å². The standard InChI is InChI=1S/C19H20N2O2/c22-18-9-5-4-8-16(18)19(23)13-15-12-17(21-11-10-20-15)14-6-2-1-3-7-14/h1-9,17,21-22H,10-13H2/t17-/m1/s1. The molecule has 23 heavy (non-hydrogen) atoms. The van der Waals surface area contributed by atoms with E-state index in [0.29, 0.717) is 18.5 Å². The molecule has 2 aromatic carbocycles. The van der Waals surface area contributed by atoms with E-state index < -0.39 is 0 Å². The Morgan fingerprint density at radius 3 is 2.65 bits per heavy atom. The van der Waals surface area contributed by atoms with Gasteiger partial charge in [0.25, 0.3) is 0 Å². The van der Waals surface area contributed by atoms with Crippen LogP contribution < -0.4 is 5.32 Å². The molecule has 0 radical (unpaired) electrons. The van der Waals surface area contributed by atoms with Gasteiger partial charge >= 0.3 is 0 Å². The second-order valence-electron chi connectivity index (χ2n) is 5.69. The van der Waals surface area contributed by atoms with Crippen LogP contribution in [-0.4, -0.2) is 29.7 Å². The van der Waals surface area contributed by atoms with Crippen LogP contribution in [0.2, 0.25) is 0 Å². The summed E-state index contributed by atoms with van der Waals surface area (Å²) in [6.07, 6.45) is 0.964. The minimum atomic E-state index is -0.0874. The SMILES string of the molecule is O=C(CC1=NCCN[C@@H](c2ccccc2)C1)c1ccccc1O. The lowest BCUT2D eigenvalue weighted by Gasteiger charge is -2.17. The molecule has 0 unspecified atom stereocenters. The second kappa shape index (κ2) is 7.20. The molecule has 0 spiro atoms. The number of carbonyl (C=O) groups excluding carboxylic acids is 1. The van der Waals surface area contributed by atoms with Crippen molar-refractivity contribution in [3.05, 3.63) is 65.7 Å². The number of aromatic hydroxyl groups is 1. The molecule has 0 saturated heterocycles. The molecule has 1 aliphatic rings. The first-order valence-corrected chi connectivity index (χ1v) is 7.86. The van der Waals surface area contributed by atoms with Gasteiger partial charge in [-0.05, 0) is 17.7 Å². The molecular formula is C19H20N2O2. The summed E-state index contributed by atoms with van der Waals surface area (Å²) in [5, 5.41) is 13.3. The zero-order chi connectivity index (χ0) is 16.1. The number of para-hydroxylation sites is 1. The number of Topliss-reactive ketones (excluding diaryl/α,β-unsaturated/α-hetero) is 1. The second-order valence-corrected chi connectivity index (χ2v) is 5.69. The zero-order valence-corrected chi connectivity index (χ0v) is 12.9. The van der Waals surface area contributed by atoms with E-state index in [4.69, 9.17) is 0 Å². The predicted octanol–water partition coefficient (Wildman–Crippen LogP) is 3.14. The Balaban J connectivity index is 1.73. The van der Waals surface area contributed by atoms with Gasteiger partial charge in [0.2, 0.25) is 0 Å². The van der Waals surface area contributed by atoms with Crippen LogP contribution >= 0.6 is 0 Å². The van der Waals surface area contributed by atoms with Crippen molar-refractivity contribution in [2.75, 3.05) is 13.1 Å². The molecule has 0 amide bonds. The zero-order valence-electron chi connectivity index (χ0n) is 12.9. The maximum atomic E-state index is 12.4. The van der Waals surface area contributed by atoms with Crippen LogP contribution in [0.25, 0.3) is 0 Å². The number of hydrogen-bond donors (Lipinski definition) is 2. The maximum Gasteiger partial charge on any atom is 0.172 e. The number of aliphatic imine (C=N–C) groups is 1. The highest BCUT2D eigenvalue weighted by Gasteiger charge is 2.20. The molecule has 1 heterocycles. The van der Waals surface area contributed by atoms with E-state index in [1.165, 1.54) is 11.6 Å². The molecular weight excluding hydrogens is 288 g/mol. The van der Waals surface area contributed by atoms with Crippen molar-refractivity contribution in [1.29, 1.82) is 0 Å². The molecule has 1 atom stereocenters. The van der Waals surface area contributed by atoms with Crippen LogP contribution in [0.5, 0.6) is 5.75 Å². The van der Waals surface area contributed by atoms with Gasteiger partial charge in [0.15, 0.2) is 5.78 Å². The van der Waals surface area contributed by atoms with Crippen molar-refractivity contribution in [2.45, 2.75) is 18.9 Å². The van der Waals surface area contributed by atoms with Gasteiger partial charge in [0.05, 0.1) is 12.1 Å². The molecule has 1 aliphatic heterocycles. The van der Waals surface area contributed by atoms with Crippen molar-refractivity contribution >= 4 is 11.5 Å². The highest BCUT2D eigenvalue weighted by Crippen LogP contribution is 2.22. The third-order valence-electron chi connectivity index (χ3n) is 4.05. The predicted molar refractivity (Wildman–Crippen MR) is 91.2 cm³/mol. The summed E-state index contributed by atoms with van der Waals surface area (Å²) in [4.78, 5) is 17.0. The lowest BCUT2D eigenvalue weighted by atomic mass is 9.97. The fourth-order valence-corrected chi connectivity index (χ4v) is 2.86. The highest BCUT2D eigenvalue weighted by atomic mass is 16.3. The summed E-state index contributed by atoms with van der Waals surface area (Å²) in [7, 11) is 0. The van der Waals surface area contributed by atoms with Gasteiger partial charge in [0.1, 0.15) is 5.75 Å². The minimum absolute atomic E-state index is 0.0319. The third kappa shape index (κ3) is 3.85. The van der Waals surface area contributed by atoms with Crippen LogP contribution in [0, 0.1) is 0 Å². The van der Waals surface area contributed by atoms with Gasteiger partial charge in [-0.15, -0.1) is 0 Å². The summed E-state index contributed by atoms with van der Waals surface area (Å²) < 4.78 is 0. The molecule has 2 aromatic rings. The molecule has 0 aromatic heterocycles. The molecule has 4 nitrogen and oxygen atoms in total. The first-order chi connectivity index (χ1) is 11.2. The number of rotatable bonds is 4. The van der Waals surface area contributed by atoms with Crippen LogP contribution in [0.1, 0.15) is 34.8 Å². The van der Waals surface area contributed by atoms with Crippen LogP contribution in [0.3, 0.4) is 0 Å². The first kappa shape index (κ1) is 15.4. The average molecular weight is 308 g/mol. The number of benzene rings is 2. The van der Waals surface area contributed by atoms with Gasteiger partial charge in [0, 0.05) is 31.1 Å². The quantitative estimate of drug-likeness (QED) is 0.853. The van der Waals surface area contributed by atoms with Crippen molar-refractivity contribution in [2.24, 2.45) is 4.99 Å². The number of nitrogens with one attached hydrogen (secondary N) is 1. The first-order valence-electron chi connectivity index (χ1n) is 7.86. The monoisotopic (exact) mass is 308 g/mol. The summed E-state index contributed by atoms with van der Waals surface area (Å²) in [6, 6.07) is 17.1. The molecule has 3 rings (SSSR count). The van der Waals surface area contributed by atoms with Gasteiger partial charge in [-0.2, -0.15) is 0 Å². The Kier molecular flexibility index (Phi) is 4.83. The Bertz CT molecular complexity index is 710. The fraction of sp³-hybridized carbons (Fsp3) is 0.263. The van der Waals surface area contributed by atoms with Crippen LogP contribution in [-0.2, 0) is 0 Å². The van der Waals surface area contributed by atoms with E-state index in [0.717, 1.165) is 12.3 Å². The summed E-state index contributed by atoms with van der Waals surface area (Å²) in [5.74, 6) is -0.0555. The topological polar surface area (TPSA) is 61.7 Å². The van der Waals surface area contributed by atoms with E-state index in [1.807, 2.05) is 18.2 Å². The third-order valence-corrected chi connectivity index (χ3v) is 4.05. The average Bonchev–Trinajstić information content (AvgIpc) is 2.81. The molecule has 118 valence electrons. The minimum Gasteiger partial charge on any atom is -0.507 e. The smallest absolute Gasteiger partial charge is 0.172 e. The number of carbonyl (C=O) groups is 1. The molecule has 0 saturated carbocycles. The largest absolute Gasteiger partial charge is 0.507 e. The van der Waals surface area contributed by atoms with Crippen molar-refractivity contribution in [3.63, 3.8) is 0 Å². The summed E-state index contributed by atoms with van der Waals surface area (Å²) >= 11 is 0. The molecule has 2 N–H and O–H groups in total. The maximum absolute atomic E-state index is 12.4. The van der Waals surface area contributed by atoms with Crippen molar-refractivity contribution in [3.8, 4) is 5.75 Å². The summed E-state index contributed by atoms with van der Waals surface area (Å²) in [6.45, 7) is 1.47. The van der Waals surface area contributed by atoms with Crippen LogP contribution in [0.15, 0.2) is 59.6 Å². The number of ketones is 1. The summed E-state index contributed by atoms with van der Waals surface area (Å²) in [5.41, 5.74) is 2.46. The molecule has 0 aliphatic carbocycles. The van der Waals surface area contributed by atoms with Crippen molar-refractivity contribution in [1.82, 2.24) is 5.32 Å².